The lowest BCUT2D eigenvalue weighted by molar-refractivity contribution is -0.133. The standard InChI is InChI=1S/C36H46N4O2/c1-27(2)24-39(25-28(3)4)36(42)26-40-33-16-11-10-15-32(33)38-34(40)17-9-6-12-22-37-35(41)23-29-18-20-31(21-19-29)30-13-7-5-8-14-30/h5,7-8,10-11,13-16,18-21,27-28H,6,9,12,17,22-26H2,1-4H3,(H,37,41). The molecule has 3 aromatic carbocycles. The number of aromatic nitrogens is 2. The van der Waals surface area contributed by atoms with Gasteiger partial charge in [0, 0.05) is 26.1 Å². The zero-order valence-corrected chi connectivity index (χ0v) is 25.7. The van der Waals surface area contributed by atoms with Crippen LogP contribution in [0.1, 0.15) is 58.3 Å². The molecular formula is C36H46N4O2. The Morgan fingerprint density at radius 2 is 1.43 bits per heavy atom. The molecule has 42 heavy (non-hydrogen) atoms. The molecule has 222 valence electrons. The monoisotopic (exact) mass is 566 g/mol. The highest BCUT2D eigenvalue weighted by Crippen LogP contribution is 2.20. The van der Waals surface area contributed by atoms with Gasteiger partial charge in [0.25, 0.3) is 0 Å². The normalized spacial score (nSPS) is 11.4. The third-order valence-electron chi connectivity index (χ3n) is 7.38. The lowest BCUT2D eigenvalue weighted by atomic mass is 10.0. The maximum atomic E-state index is 13.4. The summed E-state index contributed by atoms with van der Waals surface area (Å²) in [7, 11) is 0. The average Bonchev–Trinajstić information content (AvgIpc) is 3.31. The highest BCUT2D eigenvalue weighted by Gasteiger charge is 2.20. The highest BCUT2D eigenvalue weighted by molar-refractivity contribution is 5.81. The average molecular weight is 567 g/mol. The predicted octanol–water partition coefficient (Wildman–Crippen LogP) is 6.92. The van der Waals surface area contributed by atoms with Crippen LogP contribution in [0, 0.1) is 11.8 Å². The maximum Gasteiger partial charge on any atom is 0.242 e. The molecule has 0 fully saturated rings. The van der Waals surface area contributed by atoms with Crippen molar-refractivity contribution >= 4 is 22.8 Å². The van der Waals surface area contributed by atoms with Crippen molar-refractivity contribution in [3.05, 3.63) is 90.3 Å². The Morgan fingerprint density at radius 1 is 0.786 bits per heavy atom. The number of para-hydroxylation sites is 2. The van der Waals surface area contributed by atoms with E-state index in [2.05, 4.69) is 67.9 Å². The zero-order chi connectivity index (χ0) is 29.9. The second kappa shape index (κ2) is 15.3. The summed E-state index contributed by atoms with van der Waals surface area (Å²) >= 11 is 0. The zero-order valence-electron chi connectivity index (χ0n) is 25.7. The van der Waals surface area contributed by atoms with Crippen LogP contribution in [-0.2, 0) is 29.0 Å². The number of rotatable bonds is 15. The van der Waals surface area contributed by atoms with E-state index in [0.717, 1.165) is 66.8 Å². The molecule has 0 bridgehead atoms. The first kappa shape index (κ1) is 31.0. The van der Waals surface area contributed by atoms with Crippen LogP contribution in [0.5, 0.6) is 0 Å². The van der Waals surface area contributed by atoms with Crippen molar-refractivity contribution in [2.45, 2.75) is 66.3 Å². The van der Waals surface area contributed by atoms with Gasteiger partial charge >= 0.3 is 0 Å². The largest absolute Gasteiger partial charge is 0.356 e. The van der Waals surface area contributed by atoms with Crippen molar-refractivity contribution in [1.29, 1.82) is 0 Å². The second-order valence-electron chi connectivity index (χ2n) is 12.1. The Hall–Kier alpha value is -3.93. The number of carbonyl (C=O) groups excluding carboxylic acids is 2. The van der Waals surface area contributed by atoms with Crippen molar-refractivity contribution in [3.63, 3.8) is 0 Å². The summed E-state index contributed by atoms with van der Waals surface area (Å²) in [6, 6.07) is 26.5. The fraction of sp³-hybridized carbons (Fsp3) is 0.417. The van der Waals surface area contributed by atoms with E-state index in [-0.39, 0.29) is 11.8 Å². The molecule has 0 unspecified atom stereocenters. The molecule has 0 saturated carbocycles. The van der Waals surface area contributed by atoms with Gasteiger partial charge in [-0.2, -0.15) is 0 Å². The summed E-state index contributed by atoms with van der Waals surface area (Å²) in [5.74, 6) is 2.01. The van der Waals surface area contributed by atoms with Gasteiger partial charge in [-0.05, 0) is 53.5 Å². The number of fused-ring (bicyclic) bond motifs is 1. The van der Waals surface area contributed by atoms with Gasteiger partial charge in [-0.3, -0.25) is 9.59 Å². The Labute approximate surface area is 251 Å². The van der Waals surface area contributed by atoms with Gasteiger partial charge in [-0.15, -0.1) is 0 Å². The number of amides is 2. The Morgan fingerprint density at radius 3 is 2.12 bits per heavy atom. The summed E-state index contributed by atoms with van der Waals surface area (Å²) < 4.78 is 2.11. The third-order valence-corrected chi connectivity index (χ3v) is 7.38. The molecule has 0 aliphatic carbocycles. The molecule has 4 rings (SSSR count). The Balaban J connectivity index is 1.25. The lowest BCUT2D eigenvalue weighted by Gasteiger charge is -2.27. The van der Waals surface area contributed by atoms with Gasteiger partial charge in [0.15, 0.2) is 0 Å². The first-order chi connectivity index (χ1) is 20.3. The van der Waals surface area contributed by atoms with Gasteiger partial charge in [0.2, 0.25) is 11.8 Å². The molecule has 0 spiro atoms. The highest BCUT2D eigenvalue weighted by atomic mass is 16.2. The van der Waals surface area contributed by atoms with Crippen molar-refractivity contribution < 1.29 is 9.59 Å². The molecule has 0 atom stereocenters. The van der Waals surface area contributed by atoms with E-state index in [4.69, 9.17) is 4.98 Å². The van der Waals surface area contributed by atoms with E-state index in [9.17, 15) is 9.59 Å². The number of benzene rings is 3. The van der Waals surface area contributed by atoms with Gasteiger partial charge in [0.1, 0.15) is 12.4 Å². The maximum absolute atomic E-state index is 13.4. The number of imidazole rings is 1. The fourth-order valence-electron chi connectivity index (χ4n) is 5.39. The van der Waals surface area contributed by atoms with E-state index in [1.54, 1.807) is 0 Å². The number of hydrogen-bond acceptors (Lipinski definition) is 3. The molecule has 0 aliphatic heterocycles. The van der Waals surface area contributed by atoms with Gasteiger partial charge in [-0.25, -0.2) is 4.98 Å². The molecule has 1 N–H and O–H groups in total. The van der Waals surface area contributed by atoms with E-state index >= 15 is 0 Å². The number of nitrogens with zero attached hydrogens (tertiary/aromatic N) is 3. The van der Waals surface area contributed by atoms with Crippen LogP contribution in [0.25, 0.3) is 22.2 Å². The fourth-order valence-corrected chi connectivity index (χ4v) is 5.39. The minimum Gasteiger partial charge on any atom is -0.356 e. The topological polar surface area (TPSA) is 67.2 Å². The van der Waals surface area contributed by atoms with Crippen LogP contribution in [0.3, 0.4) is 0 Å². The van der Waals surface area contributed by atoms with Crippen LogP contribution in [0.4, 0.5) is 0 Å². The first-order valence-electron chi connectivity index (χ1n) is 15.4. The molecule has 0 radical (unpaired) electrons. The summed E-state index contributed by atoms with van der Waals surface area (Å²) in [5, 5.41) is 3.07. The number of carbonyl (C=O) groups is 2. The van der Waals surface area contributed by atoms with Crippen LogP contribution < -0.4 is 5.32 Å². The van der Waals surface area contributed by atoms with E-state index in [0.29, 0.717) is 31.3 Å². The molecule has 0 saturated heterocycles. The first-order valence-corrected chi connectivity index (χ1v) is 15.4. The van der Waals surface area contributed by atoms with Crippen molar-refractivity contribution in [2.24, 2.45) is 11.8 Å². The van der Waals surface area contributed by atoms with E-state index in [1.165, 1.54) is 5.56 Å². The molecule has 0 aliphatic rings. The summed E-state index contributed by atoms with van der Waals surface area (Å²) in [6.07, 6.45) is 4.04. The molecule has 2 amide bonds. The third kappa shape index (κ3) is 9.04. The van der Waals surface area contributed by atoms with Gasteiger partial charge in [0.05, 0.1) is 17.5 Å². The number of nitrogens with one attached hydrogen (secondary N) is 1. The molecule has 1 aromatic heterocycles. The van der Waals surface area contributed by atoms with Gasteiger partial charge in [-0.1, -0.05) is 101 Å². The lowest BCUT2D eigenvalue weighted by Crippen LogP contribution is -2.39. The van der Waals surface area contributed by atoms with Crippen molar-refractivity contribution in [1.82, 2.24) is 19.8 Å². The Kier molecular flexibility index (Phi) is 11.3. The molecule has 6 nitrogen and oxygen atoms in total. The van der Waals surface area contributed by atoms with E-state index in [1.807, 2.05) is 53.4 Å². The van der Waals surface area contributed by atoms with Crippen molar-refractivity contribution in [3.8, 4) is 11.1 Å². The van der Waals surface area contributed by atoms with Crippen LogP contribution in [0.2, 0.25) is 0 Å². The smallest absolute Gasteiger partial charge is 0.242 e. The van der Waals surface area contributed by atoms with Crippen molar-refractivity contribution in [2.75, 3.05) is 19.6 Å². The van der Waals surface area contributed by atoms with Crippen LogP contribution >= 0.6 is 0 Å². The number of unbranched alkanes of at least 4 members (excludes halogenated alkanes) is 2. The van der Waals surface area contributed by atoms with Crippen LogP contribution in [-0.4, -0.2) is 45.9 Å². The molecule has 1 heterocycles. The summed E-state index contributed by atoms with van der Waals surface area (Å²) in [6.45, 7) is 11.1. The summed E-state index contributed by atoms with van der Waals surface area (Å²) in [5.41, 5.74) is 5.29. The molecule has 6 heteroatoms. The quantitative estimate of drug-likeness (QED) is 0.159. The number of hydrogen-bond donors (Lipinski definition) is 1. The predicted molar refractivity (Wildman–Crippen MR) is 172 cm³/mol. The summed E-state index contributed by atoms with van der Waals surface area (Å²) in [4.78, 5) is 32.8. The van der Waals surface area contributed by atoms with Gasteiger partial charge < -0.3 is 14.8 Å². The SMILES string of the molecule is CC(C)CN(CC(C)C)C(=O)Cn1c(CCCCCNC(=O)Cc2ccc(-c3ccccc3)cc2)nc2ccccc21. The van der Waals surface area contributed by atoms with Crippen LogP contribution in [0.15, 0.2) is 78.9 Å². The minimum atomic E-state index is 0.0510. The molecular weight excluding hydrogens is 520 g/mol. The number of aryl methyl sites for hydroxylation is 1. The second-order valence-corrected chi connectivity index (χ2v) is 12.1. The van der Waals surface area contributed by atoms with E-state index < -0.39 is 0 Å². The minimum absolute atomic E-state index is 0.0510. The Bertz CT molecular complexity index is 1410. The molecule has 4 aromatic rings.